The predicted molar refractivity (Wildman–Crippen MR) is 153 cm³/mol. The molecule has 4 atom stereocenters. The van der Waals surface area contributed by atoms with Crippen molar-refractivity contribution >= 4 is 50.9 Å². The number of fused-ring (bicyclic) bond motifs is 5. The number of hydrogen-bond acceptors (Lipinski definition) is 5. The van der Waals surface area contributed by atoms with Gasteiger partial charge in [-0.05, 0) is 47.5 Å². The number of hydrogen-bond donors (Lipinski definition) is 1. The van der Waals surface area contributed by atoms with Crippen molar-refractivity contribution in [3.63, 3.8) is 0 Å². The number of rotatable bonds is 4. The van der Waals surface area contributed by atoms with Crippen molar-refractivity contribution in [2.75, 3.05) is 10.2 Å². The number of amides is 1. The summed E-state index contributed by atoms with van der Waals surface area (Å²) in [7, 11) is 0. The summed E-state index contributed by atoms with van der Waals surface area (Å²) < 4.78 is 0.846. The minimum atomic E-state index is -1.46. The Balaban J connectivity index is 1.54. The fourth-order valence-corrected chi connectivity index (χ4v) is 6.87. The lowest BCUT2D eigenvalue weighted by Crippen LogP contribution is -2.55. The smallest absolute Gasteiger partial charge is 0.238 e. The molecule has 39 heavy (non-hydrogen) atoms. The molecule has 3 aliphatic heterocycles. The molecule has 7 rings (SSSR count). The first-order valence-electron chi connectivity index (χ1n) is 12.7. The lowest BCUT2D eigenvalue weighted by molar-refractivity contribution is -0.121. The first-order chi connectivity index (χ1) is 19.0. The first-order valence-corrected chi connectivity index (χ1v) is 13.5. The van der Waals surface area contributed by atoms with Crippen molar-refractivity contribution in [3.05, 3.63) is 130 Å². The van der Waals surface area contributed by atoms with Gasteiger partial charge in [0.1, 0.15) is 11.5 Å². The Morgan fingerprint density at radius 1 is 0.846 bits per heavy atom. The van der Waals surface area contributed by atoms with Crippen LogP contribution in [-0.4, -0.2) is 34.5 Å². The average Bonchev–Trinajstić information content (AvgIpc) is 3.45. The highest BCUT2D eigenvalue weighted by Gasteiger charge is 2.70. The van der Waals surface area contributed by atoms with Crippen LogP contribution < -0.4 is 10.2 Å². The Labute approximate surface area is 233 Å². The van der Waals surface area contributed by atoms with Gasteiger partial charge in [-0.25, -0.2) is 0 Å². The second kappa shape index (κ2) is 8.85. The van der Waals surface area contributed by atoms with Gasteiger partial charge in [0.15, 0.2) is 11.6 Å². The van der Waals surface area contributed by atoms with E-state index in [1.165, 1.54) is 0 Å². The van der Waals surface area contributed by atoms with Gasteiger partial charge >= 0.3 is 0 Å². The highest BCUT2D eigenvalue weighted by molar-refractivity contribution is 9.10. The fraction of sp³-hybridized carbons (Fsp3) is 0.125. The van der Waals surface area contributed by atoms with Crippen LogP contribution in [-0.2, 0) is 10.2 Å². The number of benzene rings is 3. The van der Waals surface area contributed by atoms with Gasteiger partial charge in [0.2, 0.25) is 5.91 Å². The van der Waals surface area contributed by atoms with Crippen LogP contribution >= 0.6 is 15.9 Å². The molecule has 4 heterocycles. The zero-order chi connectivity index (χ0) is 26.7. The van der Waals surface area contributed by atoms with Crippen LogP contribution in [0.1, 0.15) is 31.8 Å². The number of nitrogens with zero attached hydrogens (tertiary/aromatic N) is 2. The molecule has 6 nitrogen and oxygen atoms in total. The topological polar surface area (TPSA) is 79.4 Å². The molecule has 0 unspecified atom stereocenters. The van der Waals surface area contributed by atoms with Gasteiger partial charge in [0.05, 0.1) is 12.0 Å². The fourth-order valence-electron chi connectivity index (χ4n) is 6.60. The van der Waals surface area contributed by atoms with Crippen LogP contribution in [0.5, 0.6) is 0 Å². The summed E-state index contributed by atoms with van der Waals surface area (Å²) in [4.78, 5) is 49.6. The number of aromatic nitrogens is 1. The van der Waals surface area contributed by atoms with E-state index in [0.717, 1.165) is 15.7 Å². The van der Waals surface area contributed by atoms with Crippen molar-refractivity contribution in [3.8, 4) is 0 Å². The van der Waals surface area contributed by atoms with Gasteiger partial charge in [0.25, 0.3) is 0 Å². The van der Waals surface area contributed by atoms with Crippen LogP contribution in [0.2, 0.25) is 0 Å². The molecule has 4 aromatic rings. The van der Waals surface area contributed by atoms with Crippen LogP contribution in [0.25, 0.3) is 6.08 Å². The maximum atomic E-state index is 14.7. The molecule has 1 aromatic heterocycles. The molecule has 1 saturated heterocycles. The third kappa shape index (κ3) is 3.32. The van der Waals surface area contributed by atoms with E-state index in [4.69, 9.17) is 0 Å². The highest BCUT2D eigenvalue weighted by atomic mass is 79.9. The quantitative estimate of drug-likeness (QED) is 0.316. The number of carbonyl (C=O) groups excluding carboxylic acids is 3. The van der Waals surface area contributed by atoms with Crippen LogP contribution in [0, 0.1) is 5.92 Å². The van der Waals surface area contributed by atoms with Gasteiger partial charge in [-0.3, -0.25) is 19.4 Å². The van der Waals surface area contributed by atoms with Crippen molar-refractivity contribution in [2.45, 2.75) is 17.5 Å². The Morgan fingerprint density at radius 2 is 1.54 bits per heavy atom. The number of carbonyl (C=O) groups is 3. The summed E-state index contributed by atoms with van der Waals surface area (Å²) in [5.41, 5.74) is 2.51. The molecule has 1 spiro atoms. The Bertz CT molecular complexity index is 1680. The molecule has 7 heteroatoms. The molecular weight excluding hydrogens is 554 g/mol. The van der Waals surface area contributed by atoms with Gasteiger partial charge in [0, 0.05) is 39.4 Å². The Hall–Kier alpha value is -4.36. The summed E-state index contributed by atoms with van der Waals surface area (Å²) in [5.74, 6) is -1.62. The number of nitrogens with one attached hydrogen (secondary N) is 1. The molecule has 190 valence electrons. The largest absolute Gasteiger partial charge is 0.352 e. The van der Waals surface area contributed by atoms with Crippen LogP contribution in [0.4, 0.5) is 11.4 Å². The number of halogens is 1. The number of para-hydroxylation sites is 2. The van der Waals surface area contributed by atoms with Crippen LogP contribution in [0.15, 0.2) is 108 Å². The molecular formula is C32H22BrN3O3. The highest BCUT2D eigenvalue weighted by Crippen LogP contribution is 2.58. The van der Waals surface area contributed by atoms with Gasteiger partial charge < -0.3 is 10.2 Å². The van der Waals surface area contributed by atoms with Crippen molar-refractivity contribution in [1.29, 1.82) is 0 Å². The molecule has 0 aliphatic carbocycles. The zero-order valence-corrected chi connectivity index (χ0v) is 22.2. The number of ketones is 2. The molecule has 3 aliphatic rings. The third-order valence-electron chi connectivity index (χ3n) is 8.17. The second-order valence-corrected chi connectivity index (χ2v) is 11.0. The van der Waals surface area contributed by atoms with Gasteiger partial charge in [-0.2, -0.15) is 0 Å². The Morgan fingerprint density at radius 3 is 2.33 bits per heavy atom. The normalized spacial score (nSPS) is 24.2. The number of Topliss-reactive ketones (excluding diaryl/α,β-unsaturated/α-hetero) is 2. The van der Waals surface area contributed by atoms with Crippen molar-refractivity contribution in [1.82, 2.24) is 4.98 Å². The molecule has 1 amide bonds. The Kier molecular flexibility index (Phi) is 5.39. The van der Waals surface area contributed by atoms with E-state index in [9.17, 15) is 14.4 Å². The maximum absolute atomic E-state index is 14.7. The molecule has 1 N–H and O–H groups in total. The summed E-state index contributed by atoms with van der Waals surface area (Å²) in [6, 6.07) is 24.2. The van der Waals surface area contributed by atoms with Crippen LogP contribution in [0.3, 0.4) is 0 Å². The van der Waals surface area contributed by atoms with Crippen molar-refractivity contribution in [2.24, 2.45) is 5.92 Å². The summed E-state index contributed by atoms with van der Waals surface area (Å²) in [6.45, 7) is 0. The summed E-state index contributed by atoms with van der Waals surface area (Å²) in [5, 5.41) is 3.03. The zero-order valence-electron chi connectivity index (χ0n) is 20.6. The summed E-state index contributed by atoms with van der Waals surface area (Å²) >= 11 is 3.46. The SMILES string of the molecule is O=C(c1ccc(Br)cc1)[C@@H]1N2c3ccccc3C=C[C@H]2[C@H](C(=O)c2ccncc2)[C@]12C(=O)Nc1ccccc12. The molecule has 0 saturated carbocycles. The molecule has 1 fully saturated rings. The van der Waals surface area contributed by atoms with E-state index >= 15 is 0 Å². The lowest BCUT2D eigenvalue weighted by Gasteiger charge is -2.37. The van der Waals surface area contributed by atoms with E-state index in [1.54, 1.807) is 36.7 Å². The van der Waals surface area contributed by atoms with E-state index in [0.29, 0.717) is 22.4 Å². The second-order valence-electron chi connectivity index (χ2n) is 10.0. The summed E-state index contributed by atoms with van der Waals surface area (Å²) in [6.07, 6.45) is 7.11. The van der Waals surface area contributed by atoms with E-state index in [2.05, 4.69) is 26.2 Å². The monoisotopic (exact) mass is 575 g/mol. The standard InChI is InChI=1S/C32H22BrN3O3/c33-22-12-9-20(10-13-22)29(38)30-32(23-6-2-3-7-24(23)35-31(32)39)27(28(37)21-15-17-34-18-16-21)26-14-11-19-5-1-4-8-25(19)36(26)30/h1-18,26-27,30H,(H,35,39)/t26-,27+,30-,32-/m0/s1. The lowest BCUT2D eigenvalue weighted by atomic mass is 9.63. The molecule has 0 bridgehead atoms. The first kappa shape index (κ1) is 23.7. The van der Waals surface area contributed by atoms with Gasteiger partial charge in [-0.15, -0.1) is 0 Å². The molecule has 0 radical (unpaired) electrons. The molecule has 3 aromatic carbocycles. The van der Waals surface area contributed by atoms with Crippen molar-refractivity contribution < 1.29 is 14.4 Å². The minimum Gasteiger partial charge on any atom is -0.352 e. The van der Waals surface area contributed by atoms with E-state index in [-0.39, 0.29) is 17.5 Å². The van der Waals surface area contributed by atoms with Gasteiger partial charge in [-0.1, -0.05) is 76.6 Å². The average molecular weight is 576 g/mol. The predicted octanol–water partition coefficient (Wildman–Crippen LogP) is 5.70. The third-order valence-corrected chi connectivity index (χ3v) is 8.70. The number of pyridine rings is 1. The van der Waals surface area contributed by atoms with E-state index in [1.807, 2.05) is 77.7 Å². The van der Waals surface area contributed by atoms with E-state index < -0.39 is 23.4 Å². The maximum Gasteiger partial charge on any atom is 0.238 e. The number of anilines is 2. The minimum absolute atomic E-state index is 0.200.